The summed E-state index contributed by atoms with van der Waals surface area (Å²) in [6.45, 7) is 4.28. The van der Waals surface area contributed by atoms with Gasteiger partial charge in [-0.2, -0.15) is 11.8 Å². The molecule has 1 N–H and O–H groups in total. The summed E-state index contributed by atoms with van der Waals surface area (Å²) >= 11 is 2.93. The van der Waals surface area contributed by atoms with Crippen LogP contribution in [0.4, 0.5) is 5.82 Å². The Bertz CT molecular complexity index is 932. The highest BCUT2D eigenvalue weighted by molar-refractivity contribution is 8.17. The predicted molar refractivity (Wildman–Crippen MR) is 120 cm³/mol. The Morgan fingerprint density at radius 1 is 1.28 bits per heavy atom. The van der Waals surface area contributed by atoms with Crippen LogP contribution in [0.15, 0.2) is 47.1 Å². The van der Waals surface area contributed by atoms with Gasteiger partial charge in [-0.3, -0.25) is 9.59 Å². The minimum Gasteiger partial charge on any atom is -0.361 e. The van der Waals surface area contributed by atoms with Crippen LogP contribution in [0.5, 0.6) is 0 Å². The Labute approximate surface area is 179 Å². The van der Waals surface area contributed by atoms with E-state index in [0.29, 0.717) is 23.8 Å². The number of hydrogen-bond donors (Lipinski definition) is 1. The molecule has 0 radical (unpaired) electrons. The number of fused-ring (bicyclic) bond motifs is 1. The number of aromatic nitrogens is 2. The lowest BCUT2D eigenvalue weighted by molar-refractivity contribution is -0.127. The lowest BCUT2D eigenvalue weighted by atomic mass is 10.2. The molecule has 2 aromatic rings. The van der Waals surface area contributed by atoms with Crippen molar-refractivity contribution in [3.63, 3.8) is 0 Å². The molecule has 8 heteroatoms. The van der Waals surface area contributed by atoms with Gasteiger partial charge in [-0.05, 0) is 44.0 Å². The molecule has 152 valence electrons. The van der Waals surface area contributed by atoms with E-state index in [2.05, 4.69) is 15.3 Å². The molecule has 1 aromatic heterocycles. The van der Waals surface area contributed by atoms with Crippen LogP contribution in [0.25, 0.3) is 0 Å². The molecule has 0 saturated carbocycles. The number of benzene rings is 1. The van der Waals surface area contributed by atoms with Gasteiger partial charge < -0.3 is 10.2 Å². The highest BCUT2D eigenvalue weighted by atomic mass is 32.2. The van der Waals surface area contributed by atoms with Crippen molar-refractivity contribution in [2.75, 3.05) is 23.9 Å². The summed E-state index contributed by atoms with van der Waals surface area (Å²) in [7, 11) is 0. The van der Waals surface area contributed by atoms with E-state index in [9.17, 15) is 9.59 Å². The van der Waals surface area contributed by atoms with Crippen LogP contribution in [0.1, 0.15) is 35.1 Å². The second kappa shape index (κ2) is 9.93. The smallest absolute Gasteiger partial charge is 0.246 e. The van der Waals surface area contributed by atoms with Crippen molar-refractivity contribution in [1.29, 1.82) is 0 Å². The van der Waals surface area contributed by atoms with Crippen molar-refractivity contribution in [2.45, 2.75) is 26.8 Å². The summed E-state index contributed by atoms with van der Waals surface area (Å²) in [5.41, 5.74) is 2.34. The van der Waals surface area contributed by atoms with Crippen LogP contribution in [0.3, 0.4) is 0 Å². The monoisotopic (exact) mass is 428 g/mol. The summed E-state index contributed by atoms with van der Waals surface area (Å²) < 4.78 is 0. The molecule has 29 heavy (non-hydrogen) atoms. The molecule has 6 nitrogen and oxygen atoms in total. The molecule has 0 aliphatic carbocycles. The van der Waals surface area contributed by atoms with Gasteiger partial charge in [-0.1, -0.05) is 30.3 Å². The number of nitrogens with one attached hydrogen (secondary N) is 1. The third-order valence-corrected chi connectivity index (χ3v) is 6.37. The maximum Gasteiger partial charge on any atom is 0.246 e. The number of amides is 1. The molecule has 0 spiro atoms. The van der Waals surface area contributed by atoms with E-state index >= 15 is 0 Å². The van der Waals surface area contributed by atoms with Crippen molar-refractivity contribution in [2.24, 2.45) is 0 Å². The molecule has 0 atom stereocenters. The molecule has 1 aromatic carbocycles. The second-order valence-corrected chi connectivity index (χ2v) is 8.68. The molecular formula is C21H24N4O2S2. The first-order valence-electron chi connectivity index (χ1n) is 9.32. The van der Waals surface area contributed by atoms with Gasteiger partial charge in [-0.15, -0.1) is 0 Å². The Morgan fingerprint density at radius 3 is 2.76 bits per heavy atom. The molecule has 0 unspecified atom stereocenters. The van der Waals surface area contributed by atoms with E-state index in [-0.39, 0.29) is 17.6 Å². The molecule has 2 heterocycles. The van der Waals surface area contributed by atoms with Crippen molar-refractivity contribution in [1.82, 2.24) is 14.9 Å². The first-order valence-corrected chi connectivity index (χ1v) is 11.5. The number of anilines is 1. The van der Waals surface area contributed by atoms with E-state index in [1.807, 2.05) is 50.4 Å². The molecule has 1 aliphatic heterocycles. The lowest BCUT2D eigenvalue weighted by Gasteiger charge is -2.24. The van der Waals surface area contributed by atoms with Gasteiger partial charge in [0, 0.05) is 27.9 Å². The molecule has 3 rings (SSSR count). The summed E-state index contributed by atoms with van der Waals surface area (Å²) in [5, 5.41) is 3.09. The number of rotatable bonds is 6. The number of carbonyl (C=O) groups excluding carboxylic acids is 2. The van der Waals surface area contributed by atoms with Crippen LogP contribution in [0.2, 0.25) is 0 Å². The zero-order valence-corrected chi connectivity index (χ0v) is 18.4. The average molecular weight is 429 g/mol. The quantitative estimate of drug-likeness (QED) is 0.742. The first-order chi connectivity index (χ1) is 14.0. The fraction of sp³-hybridized carbons (Fsp3) is 0.333. The topological polar surface area (TPSA) is 75.2 Å². The number of thioether (sulfide) groups is 2. The fourth-order valence-electron chi connectivity index (χ4n) is 2.98. The SMILES string of the molecule is CSCC/C(SC(=O)c1ccccc1)=C(\C)N1Cc2cnc(C)nc2NCC1=O. The standard InChI is InChI=1S/C21H24N4O2S2/c1-14(18(9-10-28-3)29-21(27)16-7-5-4-6-8-16)25-13-17-11-22-15(2)24-20(17)23-12-19(25)26/h4-8,11H,9-10,12-13H2,1-3H3,(H,22,23,24)/b18-14-. The zero-order valence-electron chi connectivity index (χ0n) is 16.8. The third-order valence-electron chi connectivity index (χ3n) is 4.59. The summed E-state index contributed by atoms with van der Waals surface area (Å²) in [6, 6.07) is 9.23. The van der Waals surface area contributed by atoms with E-state index in [1.165, 1.54) is 11.8 Å². The lowest BCUT2D eigenvalue weighted by Crippen LogP contribution is -2.32. The number of allylic oxidation sites excluding steroid dienone is 2. The van der Waals surface area contributed by atoms with Crippen molar-refractivity contribution < 1.29 is 9.59 Å². The van der Waals surface area contributed by atoms with Crippen LogP contribution in [-0.4, -0.2) is 44.4 Å². The van der Waals surface area contributed by atoms with Crippen molar-refractivity contribution in [3.05, 3.63) is 64.1 Å². The minimum absolute atomic E-state index is 0.0131. The van der Waals surface area contributed by atoms with Crippen LogP contribution < -0.4 is 5.32 Å². The van der Waals surface area contributed by atoms with E-state index < -0.39 is 0 Å². The molecular weight excluding hydrogens is 404 g/mol. The van der Waals surface area contributed by atoms with Gasteiger partial charge in [0.05, 0.1) is 13.1 Å². The number of aryl methyl sites for hydroxylation is 1. The maximum absolute atomic E-state index is 12.8. The van der Waals surface area contributed by atoms with Crippen LogP contribution in [0, 0.1) is 6.92 Å². The Balaban J connectivity index is 1.90. The number of hydrogen-bond acceptors (Lipinski definition) is 7. The van der Waals surface area contributed by atoms with Crippen molar-refractivity contribution in [3.8, 4) is 0 Å². The molecule has 1 amide bonds. The zero-order chi connectivity index (χ0) is 20.8. The highest BCUT2D eigenvalue weighted by Crippen LogP contribution is 2.31. The molecule has 0 fully saturated rings. The number of nitrogens with zero attached hydrogens (tertiary/aromatic N) is 3. The van der Waals surface area contributed by atoms with E-state index in [4.69, 9.17) is 0 Å². The summed E-state index contributed by atoms with van der Waals surface area (Å²) in [4.78, 5) is 36.9. The summed E-state index contributed by atoms with van der Waals surface area (Å²) in [5.74, 6) is 2.18. The van der Waals surface area contributed by atoms with Crippen LogP contribution >= 0.6 is 23.5 Å². The summed E-state index contributed by atoms with van der Waals surface area (Å²) in [6.07, 6.45) is 4.52. The van der Waals surface area contributed by atoms with E-state index in [0.717, 1.165) is 28.3 Å². The molecule has 0 saturated heterocycles. The Hall–Kier alpha value is -2.32. The number of carbonyl (C=O) groups is 2. The van der Waals surface area contributed by atoms with Crippen molar-refractivity contribution >= 4 is 40.4 Å². The average Bonchev–Trinajstić information content (AvgIpc) is 2.90. The second-order valence-electron chi connectivity index (χ2n) is 6.63. The van der Waals surface area contributed by atoms with E-state index in [1.54, 1.807) is 22.9 Å². The Morgan fingerprint density at radius 2 is 2.03 bits per heavy atom. The largest absolute Gasteiger partial charge is 0.361 e. The molecule has 0 bridgehead atoms. The van der Waals surface area contributed by atoms with Gasteiger partial charge in [0.2, 0.25) is 11.0 Å². The van der Waals surface area contributed by atoms with Gasteiger partial charge in [0.25, 0.3) is 0 Å². The van der Waals surface area contributed by atoms with Gasteiger partial charge in [-0.25, -0.2) is 9.97 Å². The van der Waals surface area contributed by atoms with Gasteiger partial charge >= 0.3 is 0 Å². The normalized spacial score (nSPS) is 14.6. The first kappa shape index (κ1) is 21.4. The minimum atomic E-state index is -0.0486. The van der Waals surface area contributed by atoms with Gasteiger partial charge in [0.1, 0.15) is 11.6 Å². The highest BCUT2D eigenvalue weighted by Gasteiger charge is 2.25. The molecule has 1 aliphatic rings. The van der Waals surface area contributed by atoms with Crippen LogP contribution in [-0.2, 0) is 11.3 Å². The maximum atomic E-state index is 12.8. The third kappa shape index (κ3) is 5.39. The fourth-order valence-corrected chi connectivity index (χ4v) is 4.46. The van der Waals surface area contributed by atoms with Gasteiger partial charge in [0.15, 0.2) is 0 Å². The Kier molecular flexibility index (Phi) is 7.33. The predicted octanol–water partition coefficient (Wildman–Crippen LogP) is 4.10.